The molecule has 0 atom stereocenters. The molecular formula is C15H24N4O. The van der Waals surface area contributed by atoms with Crippen molar-refractivity contribution in [2.75, 3.05) is 24.5 Å². The monoisotopic (exact) mass is 276 g/mol. The van der Waals surface area contributed by atoms with Gasteiger partial charge in [0.2, 0.25) is 0 Å². The highest BCUT2D eigenvalue weighted by Crippen LogP contribution is 2.17. The highest BCUT2D eigenvalue weighted by molar-refractivity contribution is 5.73. The van der Waals surface area contributed by atoms with Gasteiger partial charge in [-0.2, -0.15) is 0 Å². The fourth-order valence-electron chi connectivity index (χ4n) is 2.28. The summed E-state index contributed by atoms with van der Waals surface area (Å²) in [5.74, 6) is 1.04. The zero-order chi connectivity index (χ0) is 14.2. The molecule has 0 bridgehead atoms. The normalized spacial score (nSPS) is 14.3. The summed E-state index contributed by atoms with van der Waals surface area (Å²) in [6.45, 7) is 5.56. The number of hydrogen-bond acceptors (Lipinski definition) is 3. The van der Waals surface area contributed by atoms with E-state index in [0.717, 1.165) is 43.9 Å². The average Bonchev–Trinajstić information content (AvgIpc) is 3.00. The number of hydrogen-bond donors (Lipinski definition) is 2. The fourth-order valence-corrected chi connectivity index (χ4v) is 2.28. The lowest BCUT2D eigenvalue weighted by molar-refractivity contribution is 0.240. The van der Waals surface area contributed by atoms with Crippen LogP contribution in [-0.4, -0.2) is 30.6 Å². The molecule has 2 N–H and O–H groups in total. The van der Waals surface area contributed by atoms with Crippen LogP contribution in [0.3, 0.4) is 0 Å². The van der Waals surface area contributed by atoms with Crippen LogP contribution in [0.5, 0.6) is 0 Å². The van der Waals surface area contributed by atoms with E-state index < -0.39 is 0 Å². The first-order chi connectivity index (χ1) is 9.79. The fraction of sp³-hybridized carbons (Fsp3) is 0.600. The minimum absolute atomic E-state index is 0.109. The molecule has 1 aromatic rings. The summed E-state index contributed by atoms with van der Waals surface area (Å²) < 4.78 is 0. The Morgan fingerprint density at radius 3 is 2.75 bits per heavy atom. The molecule has 5 heteroatoms. The van der Waals surface area contributed by atoms with Gasteiger partial charge < -0.3 is 15.5 Å². The molecule has 2 amide bonds. The van der Waals surface area contributed by atoms with E-state index in [0.29, 0.717) is 6.54 Å². The van der Waals surface area contributed by atoms with Gasteiger partial charge in [-0.05, 0) is 30.9 Å². The van der Waals surface area contributed by atoms with Gasteiger partial charge in [-0.3, -0.25) is 0 Å². The first-order valence-electron chi connectivity index (χ1n) is 7.51. The van der Waals surface area contributed by atoms with Gasteiger partial charge in [-0.25, -0.2) is 9.78 Å². The highest BCUT2D eigenvalue weighted by Gasteiger charge is 2.12. The third-order valence-electron chi connectivity index (χ3n) is 3.51. The van der Waals surface area contributed by atoms with Crippen molar-refractivity contribution in [2.24, 2.45) is 0 Å². The van der Waals surface area contributed by atoms with Crippen LogP contribution in [0.2, 0.25) is 0 Å². The molecule has 5 nitrogen and oxygen atoms in total. The third-order valence-corrected chi connectivity index (χ3v) is 3.51. The minimum atomic E-state index is -0.109. The molecule has 110 valence electrons. The largest absolute Gasteiger partial charge is 0.357 e. The van der Waals surface area contributed by atoms with Crippen LogP contribution >= 0.6 is 0 Å². The van der Waals surface area contributed by atoms with Crippen LogP contribution < -0.4 is 15.5 Å². The number of urea groups is 1. The van der Waals surface area contributed by atoms with Gasteiger partial charge >= 0.3 is 6.03 Å². The van der Waals surface area contributed by atoms with Gasteiger partial charge in [0.25, 0.3) is 0 Å². The Hall–Kier alpha value is -1.78. The Kier molecular flexibility index (Phi) is 5.65. The zero-order valence-electron chi connectivity index (χ0n) is 12.2. The van der Waals surface area contributed by atoms with E-state index in [1.165, 1.54) is 12.8 Å². The van der Waals surface area contributed by atoms with Crippen LogP contribution in [0, 0.1) is 0 Å². The second-order valence-corrected chi connectivity index (χ2v) is 5.18. The first-order valence-corrected chi connectivity index (χ1v) is 7.51. The van der Waals surface area contributed by atoms with Gasteiger partial charge in [0, 0.05) is 32.4 Å². The van der Waals surface area contributed by atoms with Crippen LogP contribution in [0.4, 0.5) is 10.6 Å². The maximum atomic E-state index is 11.5. The summed E-state index contributed by atoms with van der Waals surface area (Å²) in [7, 11) is 0. The van der Waals surface area contributed by atoms with Gasteiger partial charge in [0.1, 0.15) is 5.82 Å². The number of carbonyl (C=O) groups excluding carboxylic acids is 1. The second-order valence-electron chi connectivity index (χ2n) is 5.18. The average molecular weight is 276 g/mol. The Balaban J connectivity index is 1.74. The number of rotatable bonds is 6. The topological polar surface area (TPSA) is 57.3 Å². The minimum Gasteiger partial charge on any atom is -0.357 e. The Morgan fingerprint density at radius 1 is 1.30 bits per heavy atom. The summed E-state index contributed by atoms with van der Waals surface area (Å²) >= 11 is 0. The first kappa shape index (κ1) is 14.6. The van der Waals surface area contributed by atoms with Gasteiger partial charge in [0.15, 0.2) is 0 Å². The lowest BCUT2D eigenvalue weighted by atomic mass is 10.3. The maximum absolute atomic E-state index is 11.5. The smallest absolute Gasteiger partial charge is 0.315 e. The van der Waals surface area contributed by atoms with Crippen molar-refractivity contribution in [3.05, 3.63) is 23.9 Å². The van der Waals surface area contributed by atoms with Crippen molar-refractivity contribution < 1.29 is 4.79 Å². The predicted molar refractivity (Wildman–Crippen MR) is 80.8 cm³/mol. The van der Waals surface area contributed by atoms with E-state index in [1.54, 1.807) is 0 Å². The number of pyridine rings is 1. The van der Waals surface area contributed by atoms with E-state index in [9.17, 15) is 4.79 Å². The summed E-state index contributed by atoms with van der Waals surface area (Å²) in [5, 5.41) is 5.67. The maximum Gasteiger partial charge on any atom is 0.315 e. The van der Waals surface area contributed by atoms with E-state index >= 15 is 0 Å². The van der Waals surface area contributed by atoms with Crippen molar-refractivity contribution in [1.29, 1.82) is 0 Å². The standard InChI is InChI=1S/C15H24N4O/c1-2-3-8-16-15(20)18-12-13-6-7-14(17-11-13)19-9-4-5-10-19/h6-7,11H,2-5,8-10,12H2,1H3,(H2,16,18,20). The molecule has 1 aromatic heterocycles. The van der Waals surface area contributed by atoms with Gasteiger partial charge in [-0.1, -0.05) is 19.4 Å². The molecule has 1 aliphatic heterocycles. The lowest BCUT2D eigenvalue weighted by Crippen LogP contribution is -2.35. The third kappa shape index (κ3) is 4.40. The highest BCUT2D eigenvalue weighted by atomic mass is 16.2. The van der Waals surface area contributed by atoms with E-state index in [1.807, 2.05) is 18.3 Å². The Labute approximate surface area is 120 Å². The summed E-state index contributed by atoms with van der Waals surface area (Å²) in [4.78, 5) is 18.3. The van der Waals surface area contributed by atoms with Crippen LogP contribution in [0.1, 0.15) is 38.2 Å². The molecule has 1 saturated heterocycles. The molecular weight excluding hydrogens is 252 g/mol. The molecule has 0 radical (unpaired) electrons. The molecule has 1 aliphatic rings. The molecule has 2 rings (SSSR count). The van der Waals surface area contributed by atoms with Crippen LogP contribution in [-0.2, 0) is 6.54 Å². The van der Waals surface area contributed by atoms with E-state index in [2.05, 4.69) is 27.4 Å². The summed E-state index contributed by atoms with van der Waals surface area (Å²) in [6.07, 6.45) is 6.45. The Morgan fingerprint density at radius 2 is 2.10 bits per heavy atom. The molecule has 2 heterocycles. The van der Waals surface area contributed by atoms with Gasteiger partial charge in [0.05, 0.1) is 0 Å². The number of nitrogens with one attached hydrogen (secondary N) is 2. The number of nitrogens with zero attached hydrogens (tertiary/aromatic N) is 2. The lowest BCUT2D eigenvalue weighted by Gasteiger charge is -2.16. The molecule has 20 heavy (non-hydrogen) atoms. The number of carbonyl (C=O) groups is 1. The van der Waals surface area contributed by atoms with Crippen LogP contribution in [0.15, 0.2) is 18.3 Å². The Bertz CT molecular complexity index is 412. The van der Waals surface area contributed by atoms with Crippen molar-refractivity contribution in [3.63, 3.8) is 0 Å². The summed E-state index contributed by atoms with van der Waals surface area (Å²) in [5.41, 5.74) is 1.03. The molecule has 0 spiro atoms. The molecule has 1 fully saturated rings. The molecule has 0 aromatic carbocycles. The molecule has 0 unspecified atom stereocenters. The summed E-state index contributed by atoms with van der Waals surface area (Å²) in [6, 6.07) is 3.96. The number of amides is 2. The van der Waals surface area contributed by atoms with Crippen molar-refractivity contribution in [1.82, 2.24) is 15.6 Å². The second kappa shape index (κ2) is 7.72. The molecule has 0 saturated carbocycles. The predicted octanol–water partition coefficient (Wildman–Crippen LogP) is 2.28. The van der Waals surface area contributed by atoms with Crippen LogP contribution in [0.25, 0.3) is 0 Å². The van der Waals surface area contributed by atoms with Crippen molar-refractivity contribution >= 4 is 11.8 Å². The van der Waals surface area contributed by atoms with Crippen molar-refractivity contribution in [2.45, 2.75) is 39.2 Å². The van der Waals surface area contributed by atoms with Gasteiger partial charge in [-0.15, -0.1) is 0 Å². The number of unbranched alkanes of at least 4 members (excludes halogenated alkanes) is 1. The quantitative estimate of drug-likeness (QED) is 0.784. The SMILES string of the molecule is CCCCNC(=O)NCc1ccc(N2CCCC2)nc1. The molecule has 0 aliphatic carbocycles. The van der Waals surface area contributed by atoms with E-state index in [-0.39, 0.29) is 6.03 Å². The van der Waals surface area contributed by atoms with Crippen molar-refractivity contribution in [3.8, 4) is 0 Å². The number of aromatic nitrogens is 1. The zero-order valence-corrected chi connectivity index (χ0v) is 12.2. The number of anilines is 1. The van der Waals surface area contributed by atoms with E-state index in [4.69, 9.17) is 0 Å².